The van der Waals surface area contributed by atoms with Crippen molar-refractivity contribution in [3.05, 3.63) is 199 Å². The maximum atomic E-state index is 5.22. The Kier molecular flexibility index (Phi) is 7.30. The summed E-state index contributed by atoms with van der Waals surface area (Å²) in [6.07, 6.45) is -0.288. The van der Waals surface area contributed by atoms with Gasteiger partial charge in [0.1, 0.15) is 12.0 Å². The van der Waals surface area contributed by atoms with Gasteiger partial charge < -0.3 is 9.88 Å². The van der Waals surface area contributed by atoms with Gasteiger partial charge in [0.2, 0.25) is 0 Å². The number of para-hydroxylation sites is 2. The molecule has 1 atom stereocenters. The van der Waals surface area contributed by atoms with Crippen molar-refractivity contribution < 1.29 is 0 Å². The predicted molar refractivity (Wildman–Crippen MR) is 244 cm³/mol. The third-order valence-electron chi connectivity index (χ3n) is 11.3. The summed E-state index contributed by atoms with van der Waals surface area (Å²) in [5.74, 6) is 1.56. The highest BCUT2D eigenvalue weighted by Gasteiger charge is 2.24. The number of rotatable bonds is 5. The number of thiophene rings is 2. The molecule has 4 heterocycles. The molecule has 3 aromatic heterocycles. The van der Waals surface area contributed by atoms with Gasteiger partial charge >= 0.3 is 0 Å². The molecule has 12 rings (SSSR count). The molecule has 11 aromatic rings. The molecule has 1 aliphatic heterocycles. The molecular formula is C51H32N4S2. The molecule has 0 amide bonds. The maximum Gasteiger partial charge on any atom is 0.159 e. The number of aromatic nitrogens is 1. The van der Waals surface area contributed by atoms with Crippen LogP contribution < -0.4 is 5.32 Å². The summed E-state index contributed by atoms with van der Waals surface area (Å²) >= 11 is 3.74. The maximum absolute atomic E-state index is 5.22. The molecule has 0 fully saturated rings. The fourth-order valence-electron chi connectivity index (χ4n) is 8.63. The molecule has 0 saturated heterocycles. The minimum Gasteiger partial charge on any atom is -0.344 e. The van der Waals surface area contributed by atoms with Crippen LogP contribution >= 0.6 is 22.7 Å². The van der Waals surface area contributed by atoms with Gasteiger partial charge in [0.25, 0.3) is 0 Å². The Labute approximate surface area is 336 Å². The highest BCUT2D eigenvalue weighted by atomic mass is 32.1. The molecule has 1 N–H and O–H groups in total. The molecule has 0 aliphatic carbocycles. The van der Waals surface area contributed by atoms with Crippen LogP contribution in [0.15, 0.2) is 192 Å². The average Bonchev–Trinajstić information content (AvgIpc) is 3.96. The number of amidine groups is 2. The lowest BCUT2D eigenvalue weighted by molar-refractivity contribution is 0.680. The number of fused-ring (bicyclic) bond motifs is 9. The van der Waals surface area contributed by atoms with E-state index >= 15 is 0 Å². The minimum absolute atomic E-state index is 0.288. The molecule has 57 heavy (non-hydrogen) atoms. The minimum atomic E-state index is -0.288. The van der Waals surface area contributed by atoms with Crippen LogP contribution in [0.3, 0.4) is 0 Å². The van der Waals surface area contributed by atoms with Gasteiger partial charge in [-0.3, -0.25) is 0 Å². The van der Waals surface area contributed by atoms with Gasteiger partial charge in [-0.05, 0) is 41.5 Å². The Morgan fingerprint density at radius 3 is 1.81 bits per heavy atom. The first kappa shape index (κ1) is 32.4. The summed E-state index contributed by atoms with van der Waals surface area (Å²) in [6.45, 7) is 0. The lowest BCUT2D eigenvalue weighted by atomic mass is 10.0. The van der Waals surface area contributed by atoms with Gasteiger partial charge in [0.15, 0.2) is 5.84 Å². The SMILES string of the molecule is c1ccc(C2=NC(c3cccc4c3sc3cc(-c5cccc6c5sc5cc(-n7c8ccccc8c8ccccc87)ccc56)ccc34)NC(c3ccccc3)=N2)cc1. The highest BCUT2D eigenvalue weighted by Crippen LogP contribution is 2.44. The van der Waals surface area contributed by atoms with Gasteiger partial charge in [-0.1, -0.05) is 152 Å². The second-order valence-corrected chi connectivity index (χ2v) is 16.7. The fraction of sp³-hybridized carbons (Fsp3) is 0.0196. The zero-order valence-electron chi connectivity index (χ0n) is 30.6. The number of aliphatic imine (C=N–C) groups is 2. The Morgan fingerprint density at radius 2 is 1.05 bits per heavy atom. The van der Waals surface area contributed by atoms with Gasteiger partial charge in [-0.25, -0.2) is 9.98 Å². The summed E-state index contributed by atoms with van der Waals surface area (Å²) in [6, 6.07) is 65.4. The topological polar surface area (TPSA) is 41.7 Å². The van der Waals surface area contributed by atoms with E-state index < -0.39 is 0 Å². The van der Waals surface area contributed by atoms with E-state index in [9.17, 15) is 0 Å². The predicted octanol–water partition coefficient (Wildman–Crippen LogP) is 13.7. The van der Waals surface area contributed by atoms with Crippen molar-refractivity contribution in [1.82, 2.24) is 9.88 Å². The van der Waals surface area contributed by atoms with Crippen molar-refractivity contribution in [1.29, 1.82) is 0 Å². The third-order valence-corrected chi connectivity index (χ3v) is 13.7. The Balaban J connectivity index is 0.964. The van der Waals surface area contributed by atoms with E-state index in [2.05, 4.69) is 168 Å². The molecule has 1 aliphatic rings. The first-order valence-corrected chi connectivity index (χ1v) is 20.8. The van der Waals surface area contributed by atoms with Crippen LogP contribution in [0.1, 0.15) is 22.9 Å². The van der Waals surface area contributed by atoms with Crippen LogP contribution in [-0.4, -0.2) is 16.2 Å². The van der Waals surface area contributed by atoms with Gasteiger partial charge in [-0.15, -0.1) is 22.7 Å². The molecule has 0 bridgehead atoms. The summed E-state index contributed by atoms with van der Waals surface area (Å²) in [4.78, 5) is 10.2. The van der Waals surface area contributed by atoms with Crippen LogP contribution in [0, 0.1) is 0 Å². The number of nitrogens with one attached hydrogen (secondary N) is 1. The zero-order chi connectivity index (χ0) is 37.5. The normalized spacial score (nSPS) is 14.5. The summed E-state index contributed by atoms with van der Waals surface area (Å²) in [5.41, 5.74) is 9.33. The van der Waals surface area contributed by atoms with Crippen molar-refractivity contribution in [2.24, 2.45) is 9.98 Å². The molecule has 0 radical (unpaired) electrons. The number of hydrogen-bond acceptors (Lipinski definition) is 5. The molecule has 6 heteroatoms. The summed E-state index contributed by atoms with van der Waals surface area (Å²) < 4.78 is 7.52. The molecule has 268 valence electrons. The van der Waals surface area contributed by atoms with Gasteiger partial charge in [0.05, 0.1) is 11.0 Å². The van der Waals surface area contributed by atoms with Gasteiger partial charge in [0, 0.05) is 73.5 Å². The average molecular weight is 765 g/mol. The van der Waals surface area contributed by atoms with E-state index in [4.69, 9.17) is 9.98 Å². The van der Waals surface area contributed by atoms with Crippen LogP contribution in [-0.2, 0) is 0 Å². The largest absolute Gasteiger partial charge is 0.344 e. The van der Waals surface area contributed by atoms with Crippen molar-refractivity contribution in [2.45, 2.75) is 6.17 Å². The first-order chi connectivity index (χ1) is 28.2. The summed E-state index contributed by atoms with van der Waals surface area (Å²) in [7, 11) is 0. The monoisotopic (exact) mass is 764 g/mol. The number of nitrogens with zero attached hydrogens (tertiary/aromatic N) is 3. The van der Waals surface area contributed by atoms with Crippen molar-refractivity contribution >= 4 is 96.5 Å². The van der Waals surface area contributed by atoms with Crippen molar-refractivity contribution in [3.8, 4) is 16.8 Å². The molecule has 1 unspecified atom stereocenters. The van der Waals surface area contributed by atoms with Crippen LogP contribution in [0.4, 0.5) is 0 Å². The molecule has 0 saturated carbocycles. The van der Waals surface area contributed by atoms with Crippen LogP contribution in [0.25, 0.3) is 79.0 Å². The second-order valence-electron chi connectivity index (χ2n) is 14.6. The van der Waals surface area contributed by atoms with E-state index in [1.54, 1.807) is 0 Å². The summed E-state index contributed by atoms with van der Waals surface area (Å²) in [5, 5.41) is 11.4. The van der Waals surface area contributed by atoms with E-state index in [0.717, 1.165) is 28.4 Å². The lowest BCUT2D eigenvalue weighted by Crippen LogP contribution is -2.33. The molecular weight excluding hydrogens is 733 g/mol. The van der Waals surface area contributed by atoms with E-state index in [-0.39, 0.29) is 6.17 Å². The third kappa shape index (κ3) is 5.18. The van der Waals surface area contributed by atoms with Crippen molar-refractivity contribution in [2.75, 3.05) is 0 Å². The Morgan fingerprint density at radius 1 is 0.456 bits per heavy atom. The standard InChI is InChI=1S/C51H32N4S2/c1-3-13-31(14-4-1)49-52-50(32-15-5-2-6-16-32)54-51(53-49)42-22-12-21-41-38-27-25-33(29-45(38)56-48(41)42)35-19-11-20-40-39-28-26-34(30-46(39)57-47(35)40)55-43-23-9-7-17-36(43)37-18-8-10-24-44(37)55/h1-30,51H,(H,52,53,54). The molecule has 8 aromatic carbocycles. The van der Waals surface area contributed by atoms with Gasteiger partial charge in [-0.2, -0.15) is 0 Å². The fourth-order valence-corrected chi connectivity index (χ4v) is 11.2. The molecule has 4 nitrogen and oxygen atoms in total. The molecule has 0 spiro atoms. The Bertz CT molecular complexity index is 3390. The smallest absolute Gasteiger partial charge is 0.159 e. The van der Waals surface area contributed by atoms with Crippen molar-refractivity contribution in [3.63, 3.8) is 0 Å². The van der Waals surface area contributed by atoms with E-state index in [1.165, 1.54) is 79.0 Å². The van der Waals surface area contributed by atoms with Crippen LogP contribution in [0.5, 0.6) is 0 Å². The lowest BCUT2D eigenvalue weighted by Gasteiger charge is -2.24. The van der Waals surface area contributed by atoms with E-state index in [1.807, 2.05) is 46.9 Å². The highest BCUT2D eigenvalue weighted by molar-refractivity contribution is 7.26. The first-order valence-electron chi connectivity index (χ1n) is 19.2. The second kappa shape index (κ2) is 12.8. The quantitative estimate of drug-likeness (QED) is 0.186. The zero-order valence-corrected chi connectivity index (χ0v) is 32.2. The Hall–Kier alpha value is -6.86. The number of hydrogen-bond donors (Lipinski definition) is 1. The van der Waals surface area contributed by atoms with E-state index in [0.29, 0.717) is 0 Å². The van der Waals surface area contributed by atoms with Crippen LogP contribution in [0.2, 0.25) is 0 Å². The number of benzene rings is 8.